The third-order valence-electron chi connectivity index (χ3n) is 4.52. The van der Waals surface area contributed by atoms with Crippen LogP contribution in [0.1, 0.15) is 41.5 Å². The van der Waals surface area contributed by atoms with E-state index in [9.17, 15) is 0 Å². The van der Waals surface area contributed by atoms with Crippen LogP contribution in [-0.2, 0) is 23.2 Å². The molecular weight excluding hydrogens is 378 g/mol. The van der Waals surface area contributed by atoms with Crippen LogP contribution in [0, 0.1) is 11.8 Å². The molecule has 2 aliphatic carbocycles. The molecule has 0 fully saturated rings. The van der Waals surface area contributed by atoms with Crippen LogP contribution in [0.15, 0.2) is 47.6 Å². The van der Waals surface area contributed by atoms with Crippen LogP contribution < -0.4 is 24.8 Å². The Labute approximate surface area is 154 Å². The quantitative estimate of drug-likeness (QED) is 0.606. The molecule has 0 saturated heterocycles. The second-order valence-electron chi connectivity index (χ2n) is 6.74. The molecule has 0 nitrogen and oxygen atoms in total. The molecule has 0 amide bonds. The molecule has 0 heterocycles. The average Bonchev–Trinajstić information content (AvgIpc) is 2.85. The molecule has 0 radical (unpaired) electrons. The molecule has 0 bridgehead atoms. The molecule has 0 spiro atoms. The Morgan fingerprint density at radius 1 is 0.762 bits per heavy atom. The normalized spacial score (nSPS) is 29.9. The molecule has 0 aromatic carbocycles. The van der Waals surface area contributed by atoms with E-state index in [1.54, 1.807) is 0 Å². The zero-order valence-corrected chi connectivity index (χ0v) is 17.8. The molecule has 0 aromatic rings. The Kier molecular flexibility index (Phi) is 7.96. The molecule has 116 valence electrons. The van der Waals surface area contributed by atoms with Gasteiger partial charge in [0.15, 0.2) is 0 Å². The first-order valence-electron chi connectivity index (χ1n) is 7.36. The summed E-state index contributed by atoms with van der Waals surface area (Å²) < 4.78 is 0.784. The van der Waals surface area contributed by atoms with Crippen molar-refractivity contribution in [2.75, 3.05) is 0 Å². The first kappa shape index (κ1) is 21.4. The smallest absolute Gasteiger partial charge is 1.00 e. The fourth-order valence-electron chi connectivity index (χ4n) is 3.02. The Hall–Kier alpha value is 0.423. The van der Waals surface area contributed by atoms with Gasteiger partial charge in [-0.1, -0.05) is 0 Å². The molecular formula is C18H26Cl2Zr. The number of hydrogen-bond acceptors (Lipinski definition) is 0. The van der Waals surface area contributed by atoms with E-state index in [4.69, 9.17) is 0 Å². The third kappa shape index (κ3) is 4.24. The van der Waals surface area contributed by atoms with E-state index in [-0.39, 0.29) is 24.8 Å². The maximum Gasteiger partial charge on any atom is -1.00 e. The van der Waals surface area contributed by atoms with Crippen molar-refractivity contribution in [3.8, 4) is 0 Å². The van der Waals surface area contributed by atoms with Gasteiger partial charge in [-0.2, -0.15) is 0 Å². The van der Waals surface area contributed by atoms with Gasteiger partial charge in [-0.3, -0.25) is 0 Å². The molecule has 0 N–H and O–H groups in total. The second kappa shape index (κ2) is 7.80. The summed E-state index contributed by atoms with van der Waals surface area (Å²) >= 11 is -0.676. The first-order chi connectivity index (χ1) is 8.80. The van der Waals surface area contributed by atoms with Gasteiger partial charge < -0.3 is 24.8 Å². The Morgan fingerprint density at radius 2 is 1.10 bits per heavy atom. The van der Waals surface area contributed by atoms with Gasteiger partial charge in [0.1, 0.15) is 0 Å². The van der Waals surface area contributed by atoms with Crippen LogP contribution in [-0.4, -0.2) is 0 Å². The summed E-state index contributed by atoms with van der Waals surface area (Å²) in [4.78, 5) is 0. The van der Waals surface area contributed by atoms with Gasteiger partial charge >= 0.3 is 130 Å². The van der Waals surface area contributed by atoms with E-state index in [1.807, 2.05) is 0 Å². The fourth-order valence-corrected chi connectivity index (χ4v) is 8.58. The van der Waals surface area contributed by atoms with Crippen molar-refractivity contribution in [1.82, 2.24) is 0 Å². The van der Waals surface area contributed by atoms with E-state index in [0.29, 0.717) is 18.1 Å². The van der Waals surface area contributed by atoms with Crippen molar-refractivity contribution in [2.45, 2.75) is 47.8 Å². The molecule has 3 heteroatoms. The van der Waals surface area contributed by atoms with E-state index < -0.39 is 23.2 Å². The van der Waals surface area contributed by atoms with Crippen molar-refractivity contribution in [3.05, 3.63) is 47.6 Å². The minimum atomic E-state index is -0.676. The van der Waals surface area contributed by atoms with Gasteiger partial charge in [-0.25, -0.2) is 0 Å². The van der Waals surface area contributed by atoms with Gasteiger partial charge in [0.2, 0.25) is 0 Å². The van der Waals surface area contributed by atoms with Crippen LogP contribution in [0.5, 0.6) is 0 Å². The van der Waals surface area contributed by atoms with Crippen molar-refractivity contribution in [3.63, 3.8) is 0 Å². The van der Waals surface area contributed by atoms with E-state index >= 15 is 0 Å². The van der Waals surface area contributed by atoms with Gasteiger partial charge in [-0.15, -0.1) is 0 Å². The molecule has 21 heavy (non-hydrogen) atoms. The monoisotopic (exact) mass is 402 g/mol. The molecule has 2 atom stereocenters. The summed E-state index contributed by atoms with van der Waals surface area (Å²) in [6.07, 6.45) is 14.8. The maximum atomic E-state index is 2.56. The van der Waals surface area contributed by atoms with Crippen LogP contribution in [0.2, 0.25) is 6.25 Å². The van der Waals surface area contributed by atoms with Gasteiger partial charge in [0, 0.05) is 0 Å². The number of hydrogen-bond donors (Lipinski definition) is 0. The van der Waals surface area contributed by atoms with Crippen LogP contribution in [0.3, 0.4) is 0 Å². The van der Waals surface area contributed by atoms with Gasteiger partial charge in [0.05, 0.1) is 0 Å². The summed E-state index contributed by atoms with van der Waals surface area (Å²) in [6.45, 7) is 14.1. The Morgan fingerprint density at radius 3 is 1.29 bits per heavy atom. The van der Waals surface area contributed by atoms with Crippen molar-refractivity contribution < 1.29 is 48.0 Å². The van der Waals surface area contributed by atoms with Gasteiger partial charge in [0.25, 0.3) is 0 Å². The summed E-state index contributed by atoms with van der Waals surface area (Å²) in [5.74, 6) is 1.43. The minimum absolute atomic E-state index is 0. The van der Waals surface area contributed by atoms with Crippen LogP contribution >= 0.6 is 0 Å². The van der Waals surface area contributed by atoms with Crippen molar-refractivity contribution >= 4 is 0 Å². The molecule has 0 saturated carbocycles. The fraction of sp³-hybridized carbons (Fsp3) is 0.556. The molecule has 2 aliphatic rings. The SMILES string of the molecule is CC1=C[C]([Zr+2][C]2(C(C)C)C=CC(C)=C2)(C(C)C)C=C1.[Cl-].[Cl-]. The predicted octanol–water partition coefficient (Wildman–Crippen LogP) is -0.261. The van der Waals surface area contributed by atoms with Gasteiger partial charge in [-0.05, 0) is 0 Å². The predicted molar refractivity (Wildman–Crippen MR) is 80.9 cm³/mol. The summed E-state index contributed by atoms with van der Waals surface area (Å²) in [5, 5.41) is 0. The standard InChI is InChI=1S/2C9H13.2ClH.Zr/c2*1-7(2)9-5-4-8(3)6-9;;;/h2*4-7H,1-3H3;2*1H;/q;;;;+2/p-2. The second-order valence-corrected chi connectivity index (χ2v) is 11.6. The summed E-state index contributed by atoms with van der Waals surface area (Å²) in [5.41, 5.74) is 2.91. The van der Waals surface area contributed by atoms with Crippen LogP contribution in [0.4, 0.5) is 0 Å². The van der Waals surface area contributed by atoms with Crippen molar-refractivity contribution in [1.29, 1.82) is 0 Å². The summed E-state index contributed by atoms with van der Waals surface area (Å²) in [7, 11) is 0. The van der Waals surface area contributed by atoms with Crippen LogP contribution in [0.25, 0.3) is 0 Å². The topological polar surface area (TPSA) is 0 Å². The Balaban J connectivity index is 0.00000200. The largest absolute Gasteiger partial charge is 1.00 e. The summed E-state index contributed by atoms with van der Waals surface area (Å²) in [6, 6.07) is 0. The van der Waals surface area contributed by atoms with E-state index in [1.165, 1.54) is 11.1 Å². The van der Waals surface area contributed by atoms with E-state index in [0.717, 1.165) is 0 Å². The Bertz CT molecular complexity index is 441. The van der Waals surface area contributed by atoms with Crippen molar-refractivity contribution in [2.24, 2.45) is 11.8 Å². The molecule has 0 aliphatic heterocycles. The minimum Gasteiger partial charge on any atom is -1.00 e. The number of halogens is 2. The third-order valence-corrected chi connectivity index (χ3v) is 11.0. The number of allylic oxidation sites excluding steroid dienone is 8. The molecule has 2 unspecified atom stereocenters. The van der Waals surface area contributed by atoms with E-state index in [2.05, 4.69) is 78.0 Å². The zero-order valence-electron chi connectivity index (χ0n) is 13.9. The maximum absolute atomic E-state index is 2.56. The number of rotatable bonds is 4. The molecule has 0 aromatic heterocycles. The first-order valence-corrected chi connectivity index (χ1v) is 9.82. The molecule has 2 rings (SSSR count). The average molecular weight is 405 g/mol. The zero-order chi connectivity index (χ0) is 14.3.